The topological polar surface area (TPSA) is 38.9 Å². The Morgan fingerprint density at radius 1 is 0.333 bits per heavy atom. The van der Waals surface area contributed by atoms with Gasteiger partial charge in [-0.2, -0.15) is 0 Å². The number of hydrogen-bond donors (Lipinski definition) is 0. The van der Waals surface area contributed by atoms with Crippen LogP contribution < -0.4 is 0 Å². The Bertz CT molecular complexity index is 2860. The molecule has 0 aliphatic carbocycles. The van der Waals surface area contributed by atoms with Gasteiger partial charge in [0.25, 0.3) is 0 Å². The SMILES string of the molecule is c1ccc(-c2nc(-c3ccc(-c4cc5ccccc5o4)cc3)cc(-c3ccc(-c4c5ccccc5cc5c4ccc4ccccc45)cc3)n2)cc1. The zero-order chi connectivity index (χ0) is 33.7. The summed E-state index contributed by atoms with van der Waals surface area (Å²) in [4.78, 5) is 10.2. The summed E-state index contributed by atoms with van der Waals surface area (Å²) in [5.41, 5.74) is 9.11. The average molecular weight is 651 g/mol. The van der Waals surface area contributed by atoms with E-state index in [1.807, 2.05) is 36.4 Å². The minimum Gasteiger partial charge on any atom is -0.456 e. The van der Waals surface area contributed by atoms with Crippen LogP contribution in [0.15, 0.2) is 186 Å². The van der Waals surface area contributed by atoms with Gasteiger partial charge in [-0.3, -0.25) is 0 Å². The number of nitrogens with zero attached hydrogens (tertiary/aromatic N) is 2. The van der Waals surface area contributed by atoms with Gasteiger partial charge in [-0.25, -0.2) is 9.97 Å². The summed E-state index contributed by atoms with van der Waals surface area (Å²) in [5, 5.41) is 8.62. The summed E-state index contributed by atoms with van der Waals surface area (Å²) in [6.07, 6.45) is 0. The van der Waals surface area contributed by atoms with Crippen molar-refractivity contribution < 1.29 is 4.42 Å². The van der Waals surface area contributed by atoms with E-state index in [9.17, 15) is 0 Å². The van der Waals surface area contributed by atoms with Gasteiger partial charge in [-0.1, -0.05) is 158 Å². The summed E-state index contributed by atoms with van der Waals surface area (Å²) in [7, 11) is 0. The molecule has 0 saturated heterocycles. The summed E-state index contributed by atoms with van der Waals surface area (Å²) in [5.74, 6) is 1.55. The van der Waals surface area contributed by atoms with E-state index >= 15 is 0 Å². The molecule has 51 heavy (non-hydrogen) atoms. The number of para-hydroxylation sites is 1. The fraction of sp³-hybridized carbons (Fsp3) is 0. The van der Waals surface area contributed by atoms with Crippen LogP contribution in [0.1, 0.15) is 0 Å². The lowest BCUT2D eigenvalue weighted by Gasteiger charge is -2.15. The first-order chi connectivity index (χ1) is 25.2. The number of furan rings is 1. The van der Waals surface area contributed by atoms with Crippen LogP contribution in [-0.4, -0.2) is 9.97 Å². The lowest BCUT2D eigenvalue weighted by molar-refractivity contribution is 0.631. The molecule has 2 aromatic heterocycles. The molecular formula is C48H30N2O. The minimum absolute atomic E-state index is 0.695. The van der Waals surface area contributed by atoms with Crippen molar-refractivity contribution in [3.8, 4) is 56.4 Å². The molecule has 0 fully saturated rings. The summed E-state index contributed by atoms with van der Waals surface area (Å²) in [6, 6.07) is 63.9. The van der Waals surface area contributed by atoms with Crippen LogP contribution in [0.2, 0.25) is 0 Å². The highest BCUT2D eigenvalue weighted by molar-refractivity contribution is 6.20. The average Bonchev–Trinajstić information content (AvgIpc) is 3.65. The smallest absolute Gasteiger partial charge is 0.160 e. The normalized spacial score (nSPS) is 11.5. The molecule has 0 spiro atoms. The quantitative estimate of drug-likeness (QED) is 0.137. The van der Waals surface area contributed by atoms with Gasteiger partial charge in [-0.05, 0) is 67.7 Å². The third-order valence-electron chi connectivity index (χ3n) is 9.89. The fourth-order valence-corrected chi connectivity index (χ4v) is 7.33. The predicted molar refractivity (Wildman–Crippen MR) is 212 cm³/mol. The van der Waals surface area contributed by atoms with Gasteiger partial charge in [0.2, 0.25) is 0 Å². The van der Waals surface area contributed by atoms with Crippen molar-refractivity contribution in [2.45, 2.75) is 0 Å². The molecule has 8 aromatic carbocycles. The van der Waals surface area contributed by atoms with E-state index in [2.05, 4.69) is 146 Å². The van der Waals surface area contributed by atoms with E-state index in [4.69, 9.17) is 14.4 Å². The van der Waals surface area contributed by atoms with Crippen molar-refractivity contribution in [2.24, 2.45) is 0 Å². The maximum atomic E-state index is 6.14. The van der Waals surface area contributed by atoms with Gasteiger partial charge in [0.15, 0.2) is 5.82 Å². The monoisotopic (exact) mass is 650 g/mol. The molecule has 10 aromatic rings. The third-order valence-corrected chi connectivity index (χ3v) is 9.89. The van der Waals surface area contributed by atoms with Crippen LogP contribution in [-0.2, 0) is 0 Å². The molecule has 3 heteroatoms. The van der Waals surface area contributed by atoms with Gasteiger partial charge in [0.05, 0.1) is 11.4 Å². The zero-order valence-corrected chi connectivity index (χ0v) is 27.6. The Morgan fingerprint density at radius 2 is 0.922 bits per heavy atom. The van der Waals surface area contributed by atoms with Crippen molar-refractivity contribution in [3.63, 3.8) is 0 Å². The second kappa shape index (κ2) is 11.9. The molecule has 0 unspecified atom stereocenters. The molecule has 0 radical (unpaired) electrons. The third kappa shape index (κ3) is 5.15. The highest BCUT2D eigenvalue weighted by Crippen LogP contribution is 2.40. The van der Waals surface area contributed by atoms with Crippen molar-refractivity contribution in [1.82, 2.24) is 9.97 Å². The highest BCUT2D eigenvalue weighted by Gasteiger charge is 2.15. The molecule has 0 atom stereocenters. The van der Waals surface area contributed by atoms with Gasteiger partial charge >= 0.3 is 0 Å². The molecule has 10 rings (SSSR count). The van der Waals surface area contributed by atoms with Crippen LogP contribution in [0, 0.1) is 0 Å². The van der Waals surface area contributed by atoms with Crippen LogP contribution in [0.25, 0.3) is 99.6 Å². The van der Waals surface area contributed by atoms with E-state index in [0.717, 1.165) is 50.4 Å². The Labute approximate surface area is 295 Å². The van der Waals surface area contributed by atoms with Crippen molar-refractivity contribution in [3.05, 3.63) is 182 Å². The molecule has 0 amide bonds. The van der Waals surface area contributed by atoms with Crippen molar-refractivity contribution in [1.29, 1.82) is 0 Å². The van der Waals surface area contributed by atoms with Gasteiger partial charge in [0, 0.05) is 27.6 Å². The largest absolute Gasteiger partial charge is 0.456 e. The Morgan fingerprint density at radius 3 is 1.65 bits per heavy atom. The molecule has 0 aliphatic rings. The number of aromatic nitrogens is 2. The van der Waals surface area contributed by atoms with E-state index in [0.29, 0.717) is 5.82 Å². The van der Waals surface area contributed by atoms with Crippen LogP contribution in [0.5, 0.6) is 0 Å². The predicted octanol–water partition coefficient (Wildman–Crippen LogP) is 13.0. The van der Waals surface area contributed by atoms with Crippen molar-refractivity contribution in [2.75, 3.05) is 0 Å². The van der Waals surface area contributed by atoms with Gasteiger partial charge in [0.1, 0.15) is 11.3 Å². The van der Waals surface area contributed by atoms with Crippen molar-refractivity contribution >= 4 is 43.3 Å². The summed E-state index contributed by atoms with van der Waals surface area (Å²) < 4.78 is 6.14. The first-order valence-electron chi connectivity index (χ1n) is 17.2. The van der Waals surface area contributed by atoms with Gasteiger partial charge in [-0.15, -0.1) is 0 Å². The van der Waals surface area contributed by atoms with E-state index < -0.39 is 0 Å². The number of benzene rings is 8. The van der Waals surface area contributed by atoms with E-state index in [1.54, 1.807) is 0 Å². The second-order valence-corrected chi connectivity index (χ2v) is 13.0. The highest BCUT2D eigenvalue weighted by atomic mass is 16.3. The lowest BCUT2D eigenvalue weighted by atomic mass is 9.89. The fourth-order valence-electron chi connectivity index (χ4n) is 7.33. The summed E-state index contributed by atoms with van der Waals surface area (Å²) in [6.45, 7) is 0. The van der Waals surface area contributed by atoms with Crippen LogP contribution in [0.3, 0.4) is 0 Å². The minimum atomic E-state index is 0.695. The van der Waals surface area contributed by atoms with Gasteiger partial charge < -0.3 is 4.42 Å². The Hall–Kier alpha value is -6.84. The maximum Gasteiger partial charge on any atom is 0.160 e. The molecule has 0 bridgehead atoms. The summed E-state index contributed by atoms with van der Waals surface area (Å²) >= 11 is 0. The van der Waals surface area contributed by atoms with Crippen LogP contribution >= 0.6 is 0 Å². The zero-order valence-electron chi connectivity index (χ0n) is 27.6. The number of rotatable bonds is 5. The molecule has 0 aliphatic heterocycles. The number of hydrogen-bond acceptors (Lipinski definition) is 3. The Balaban J connectivity index is 1.08. The molecular weight excluding hydrogens is 621 g/mol. The molecule has 0 saturated carbocycles. The maximum absolute atomic E-state index is 6.14. The molecule has 238 valence electrons. The molecule has 2 heterocycles. The van der Waals surface area contributed by atoms with E-state index in [1.165, 1.54) is 43.4 Å². The Kier molecular flexibility index (Phi) is 6.81. The van der Waals surface area contributed by atoms with Crippen LogP contribution in [0.4, 0.5) is 0 Å². The molecule has 0 N–H and O–H groups in total. The lowest BCUT2D eigenvalue weighted by Crippen LogP contribution is -1.96. The first kappa shape index (κ1) is 29.1. The molecule has 3 nitrogen and oxygen atoms in total. The number of fused-ring (bicyclic) bond motifs is 5. The van der Waals surface area contributed by atoms with E-state index in [-0.39, 0.29) is 0 Å². The second-order valence-electron chi connectivity index (χ2n) is 13.0. The first-order valence-corrected chi connectivity index (χ1v) is 17.2. The standard InChI is InChI=1S/C48H30N2O/c1-2-11-36(12-3-1)48-49-43(32-18-22-34(23-19-32)46-29-38-14-6-9-17-45(38)51-46)30-44(50-48)33-20-24-35(25-21-33)47-40-16-8-5-13-37(40)28-42-39-15-7-4-10-31(39)26-27-41(42)47/h1-30H.